The summed E-state index contributed by atoms with van der Waals surface area (Å²) >= 11 is 0. The Morgan fingerprint density at radius 3 is 2.18 bits per heavy atom. The maximum atomic E-state index is 13.2. The van der Waals surface area contributed by atoms with E-state index in [1.807, 2.05) is 32.9 Å². The van der Waals surface area contributed by atoms with Crippen LogP contribution in [0, 0.1) is 6.92 Å². The lowest BCUT2D eigenvalue weighted by atomic mass is 10.1. The molecule has 2 rings (SSSR count). The van der Waals surface area contributed by atoms with Crippen molar-refractivity contribution in [3.63, 3.8) is 0 Å². The highest BCUT2D eigenvalue weighted by molar-refractivity contribution is 5.95. The molecule has 0 aliphatic carbocycles. The number of carbonyl (C=O) groups is 2. The van der Waals surface area contributed by atoms with Gasteiger partial charge in [-0.15, -0.1) is 0 Å². The van der Waals surface area contributed by atoms with Crippen LogP contribution < -0.4 is 19.9 Å². The summed E-state index contributed by atoms with van der Waals surface area (Å²) in [7, 11) is 2.87. The number of methoxy groups -OCH3 is 2. The molecular weight excluding hydrogens is 364 g/mol. The smallest absolute Gasteiger partial charge is 0.255 e. The molecule has 0 saturated carbocycles. The van der Waals surface area contributed by atoms with Crippen molar-refractivity contribution in [2.45, 2.75) is 33.4 Å². The Morgan fingerprint density at radius 2 is 1.75 bits per heavy atom. The third-order valence-electron chi connectivity index (χ3n) is 4.07. The molecule has 2 aromatic rings. The van der Waals surface area contributed by atoms with Gasteiger partial charge in [-0.2, -0.15) is 0 Å². The van der Waals surface area contributed by atoms with Crippen LogP contribution in [-0.4, -0.2) is 43.6 Å². The second kappa shape index (κ2) is 9.16. The summed E-state index contributed by atoms with van der Waals surface area (Å²) < 4.78 is 21.6. The molecule has 1 aromatic heterocycles. The monoisotopic (exact) mass is 390 g/mol. The SMILES string of the molecule is COc1cc(C(=O)N(Cc2ccc(C)o2)C(C)C)cc(OC)c1OCC(N)=O. The molecule has 2 amide bonds. The molecule has 0 fully saturated rings. The minimum atomic E-state index is -0.635. The second-order valence-corrected chi connectivity index (χ2v) is 6.50. The van der Waals surface area contributed by atoms with Crippen LogP contribution in [0.2, 0.25) is 0 Å². The number of ether oxygens (including phenoxy) is 3. The minimum Gasteiger partial charge on any atom is -0.493 e. The number of rotatable bonds is 9. The number of primary amides is 1. The van der Waals surface area contributed by atoms with Crippen molar-refractivity contribution in [3.8, 4) is 17.2 Å². The summed E-state index contributed by atoms with van der Waals surface area (Å²) in [5.41, 5.74) is 5.49. The molecule has 0 aliphatic rings. The molecule has 0 bridgehead atoms. The van der Waals surface area contributed by atoms with Crippen molar-refractivity contribution in [2.75, 3.05) is 20.8 Å². The normalized spacial score (nSPS) is 10.6. The van der Waals surface area contributed by atoms with Crippen molar-refractivity contribution in [1.82, 2.24) is 4.90 Å². The molecular formula is C20H26N2O6. The lowest BCUT2D eigenvalue weighted by molar-refractivity contribution is -0.120. The van der Waals surface area contributed by atoms with E-state index in [4.69, 9.17) is 24.4 Å². The van der Waals surface area contributed by atoms with Crippen LogP contribution in [0.5, 0.6) is 17.2 Å². The van der Waals surface area contributed by atoms with E-state index in [9.17, 15) is 9.59 Å². The number of carbonyl (C=O) groups excluding carboxylic acids is 2. The van der Waals surface area contributed by atoms with Crippen LogP contribution in [-0.2, 0) is 11.3 Å². The van der Waals surface area contributed by atoms with Crippen LogP contribution in [0.1, 0.15) is 35.7 Å². The van der Waals surface area contributed by atoms with Crippen LogP contribution in [0.3, 0.4) is 0 Å². The fraction of sp³-hybridized carbons (Fsp3) is 0.400. The predicted octanol–water partition coefficient (Wildman–Crippen LogP) is 2.52. The Labute approximate surface area is 164 Å². The van der Waals surface area contributed by atoms with E-state index >= 15 is 0 Å². The number of amides is 2. The van der Waals surface area contributed by atoms with Crippen LogP contribution in [0.4, 0.5) is 0 Å². The summed E-state index contributed by atoms with van der Waals surface area (Å²) in [5.74, 6) is 1.36. The highest BCUT2D eigenvalue weighted by Crippen LogP contribution is 2.39. The Kier molecular flexibility index (Phi) is 6.92. The molecule has 1 aromatic carbocycles. The molecule has 0 spiro atoms. The quantitative estimate of drug-likeness (QED) is 0.705. The van der Waals surface area contributed by atoms with Crippen LogP contribution in [0.15, 0.2) is 28.7 Å². The zero-order valence-electron chi connectivity index (χ0n) is 16.8. The van der Waals surface area contributed by atoms with Gasteiger partial charge in [0.05, 0.1) is 20.8 Å². The van der Waals surface area contributed by atoms with Gasteiger partial charge >= 0.3 is 0 Å². The first kappa shape index (κ1) is 21.1. The summed E-state index contributed by atoms with van der Waals surface area (Å²) in [6, 6.07) is 6.73. The first-order valence-electron chi connectivity index (χ1n) is 8.80. The van der Waals surface area contributed by atoms with E-state index in [2.05, 4.69) is 0 Å². The highest BCUT2D eigenvalue weighted by atomic mass is 16.5. The molecule has 152 valence electrons. The molecule has 0 radical (unpaired) electrons. The molecule has 8 nitrogen and oxygen atoms in total. The summed E-state index contributed by atoms with van der Waals surface area (Å²) in [6.07, 6.45) is 0. The van der Waals surface area contributed by atoms with Crippen molar-refractivity contribution in [1.29, 1.82) is 0 Å². The van der Waals surface area contributed by atoms with Gasteiger partial charge in [-0.1, -0.05) is 0 Å². The van der Waals surface area contributed by atoms with Gasteiger partial charge in [0.1, 0.15) is 11.5 Å². The largest absolute Gasteiger partial charge is 0.493 e. The minimum absolute atomic E-state index is 0.0688. The van der Waals surface area contributed by atoms with E-state index in [-0.39, 0.29) is 35.8 Å². The van der Waals surface area contributed by atoms with Gasteiger partial charge in [0.2, 0.25) is 5.75 Å². The molecule has 2 N–H and O–H groups in total. The summed E-state index contributed by atoms with van der Waals surface area (Å²) in [4.78, 5) is 25.9. The fourth-order valence-corrected chi connectivity index (χ4v) is 2.68. The molecule has 0 saturated heterocycles. The zero-order chi connectivity index (χ0) is 20.8. The van der Waals surface area contributed by atoms with Crippen LogP contribution in [0.25, 0.3) is 0 Å². The lowest BCUT2D eigenvalue weighted by Crippen LogP contribution is -2.36. The maximum absolute atomic E-state index is 13.2. The Balaban J connectivity index is 2.37. The molecule has 0 atom stereocenters. The van der Waals surface area contributed by atoms with Gasteiger partial charge < -0.3 is 29.3 Å². The third-order valence-corrected chi connectivity index (χ3v) is 4.07. The van der Waals surface area contributed by atoms with Crippen molar-refractivity contribution < 1.29 is 28.2 Å². The maximum Gasteiger partial charge on any atom is 0.255 e. The number of hydrogen-bond acceptors (Lipinski definition) is 6. The van der Waals surface area contributed by atoms with E-state index in [1.54, 1.807) is 17.0 Å². The average Bonchev–Trinajstić information content (AvgIpc) is 3.07. The van der Waals surface area contributed by atoms with E-state index in [0.29, 0.717) is 17.9 Å². The van der Waals surface area contributed by atoms with Gasteiger partial charge in [-0.05, 0) is 45.0 Å². The van der Waals surface area contributed by atoms with Crippen molar-refractivity contribution >= 4 is 11.8 Å². The van der Waals surface area contributed by atoms with Crippen molar-refractivity contribution in [2.24, 2.45) is 5.73 Å². The molecule has 8 heteroatoms. The summed E-state index contributed by atoms with van der Waals surface area (Å²) in [5, 5.41) is 0. The third kappa shape index (κ3) is 4.97. The summed E-state index contributed by atoms with van der Waals surface area (Å²) in [6.45, 7) is 5.69. The van der Waals surface area contributed by atoms with Gasteiger partial charge in [-0.25, -0.2) is 0 Å². The van der Waals surface area contributed by atoms with Crippen molar-refractivity contribution in [3.05, 3.63) is 41.3 Å². The van der Waals surface area contributed by atoms with Gasteiger partial charge in [0, 0.05) is 11.6 Å². The number of nitrogens with zero attached hydrogens (tertiary/aromatic N) is 1. The topological polar surface area (TPSA) is 104 Å². The zero-order valence-corrected chi connectivity index (χ0v) is 16.8. The Morgan fingerprint density at radius 1 is 1.14 bits per heavy atom. The number of furan rings is 1. The average molecular weight is 390 g/mol. The van der Waals surface area contributed by atoms with Gasteiger partial charge in [0.15, 0.2) is 18.1 Å². The first-order valence-corrected chi connectivity index (χ1v) is 8.80. The molecule has 28 heavy (non-hydrogen) atoms. The molecule has 1 heterocycles. The Hall–Kier alpha value is -3.16. The van der Waals surface area contributed by atoms with Gasteiger partial charge in [0.25, 0.3) is 11.8 Å². The van der Waals surface area contributed by atoms with E-state index < -0.39 is 5.91 Å². The second-order valence-electron chi connectivity index (χ2n) is 6.50. The molecule has 0 unspecified atom stereocenters. The number of nitrogens with two attached hydrogens (primary N) is 1. The lowest BCUT2D eigenvalue weighted by Gasteiger charge is -2.26. The number of hydrogen-bond donors (Lipinski definition) is 1. The van der Waals surface area contributed by atoms with E-state index in [0.717, 1.165) is 5.76 Å². The predicted molar refractivity (Wildman–Crippen MR) is 103 cm³/mol. The Bertz CT molecular complexity index is 818. The van der Waals surface area contributed by atoms with Gasteiger partial charge in [-0.3, -0.25) is 9.59 Å². The first-order chi connectivity index (χ1) is 13.3. The standard InChI is InChI=1S/C20H26N2O6/c1-12(2)22(10-15-7-6-13(3)28-15)20(24)14-8-16(25-4)19(17(9-14)26-5)27-11-18(21)23/h6-9,12H,10-11H2,1-5H3,(H2,21,23). The van der Waals surface area contributed by atoms with Crippen LogP contribution >= 0.6 is 0 Å². The highest BCUT2D eigenvalue weighted by Gasteiger charge is 2.24. The molecule has 0 aliphatic heterocycles. The number of aryl methyl sites for hydroxylation is 1. The van der Waals surface area contributed by atoms with E-state index in [1.165, 1.54) is 14.2 Å². The fourth-order valence-electron chi connectivity index (χ4n) is 2.68. The number of benzene rings is 1.